The summed E-state index contributed by atoms with van der Waals surface area (Å²) < 4.78 is 5.28. The van der Waals surface area contributed by atoms with Crippen molar-refractivity contribution < 1.29 is 9.21 Å². The number of carbonyl (C=O) groups is 1. The van der Waals surface area contributed by atoms with Crippen molar-refractivity contribution in [1.82, 2.24) is 14.8 Å². The maximum Gasteiger partial charge on any atom is 0.253 e. The highest BCUT2D eigenvalue weighted by molar-refractivity contribution is 5.95. The van der Waals surface area contributed by atoms with E-state index in [0.717, 1.165) is 48.8 Å². The molecule has 7 nitrogen and oxygen atoms in total. The lowest BCUT2D eigenvalue weighted by molar-refractivity contribution is 0.0664. The molecule has 0 unspecified atom stereocenters. The summed E-state index contributed by atoms with van der Waals surface area (Å²) in [5.41, 5.74) is 6.46. The molecule has 1 aliphatic heterocycles. The number of piperazine rings is 1. The van der Waals surface area contributed by atoms with Gasteiger partial charge in [-0.3, -0.25) is 10.2 Å². The van der Waals surface area contributed by atoms with E-state index in [9.17, 15) is 4.79 Å². The van der Waals surface area contributed by atoms with E-state index in [1.807, 2.05) is 53.4 Å². The molecule has 29 heavy (non-hydrogen) atoms. The molecule has 0 aliphatic carbocycles. The molecule has 2 heterocycles. The Balaban J connectivity index is 1.32. The molecule has 0 saturated carbocycles. The van der Waals surface area contributed by atoms with E-state index in [4.69, 9.17) is 4.42 Å². The number of rotatable bonds is 5. The normalized spacial score (nSPS) is 15.0. The summed E-state index contributed by atoms with van der Waals surface area (Å²) in [6.45, 7) is 3.39. The SMILES string of the molecule is CN1CCN(C(=O)c2ccc(C=NNc3ccc(-c4cnco4)cc3)cc2)CC1. The molecule has 3 aromatic rings. The molecular weight excluding hydrogens is 366 g/mol. The first-order valence-corrected chi connectivity index (χ1v) is 9.55. The molecule has 1 amide bonds. The molecule has 0 spiro atoms. The molecule has 0 atom stereocenters. The topological polar surface area (TPSA) is 74.0 Å². The summed E-state index contributed by atoms with van der Waals surface area (Å²) in [6, 6.07) is 15.2. The van der Waals surface area contributed by atoms with Gasteiger partial charge in [-0.05, 0) is 49.0 Å². The van der Waals surface area contributed by atoms with Crippen LogP contribution in [0.15, 0.2) is 70.6 Å². The molecule has 1 aromatic heterocycles. The minimum Gasteiger partial charge on any atom is -0.444 e. The van der Waals surface area contributed by atoms with Crippen LogP contribution < -0.4 is 5.43 Å². The number of hydrogen-bond acceptors (Lipinski definition) is 6. The van der Waals surface area contributed by atoms with E-state index in [0.29, 0.717) is 5.56 Å². The summed E-state index contributed by atoms with van der Waals surface area (Å²) in [4.78, 5) is 20.6. The second-order valence-corrected chi connectivity index (χ2v) is 7.03. The van der Waals surface area contributed by atoms with Crippen LogP contribution in [0.4, 0.5) is 5.69 Å². The number of oxazole rings is 1. The van der Waals surface area contributed by atoms with Gasteiger partial charge in [-0.1, -0.05) is 12.1 Å². The monoisotopic (exact) mass is 389 g/mol. The zero-order valence-corrected chi connectivity index (χ0v) is 16.3. The van der Waals surface area contributed by atoms with Crippen molar-refractivity contribution in [2.75, 3.05) is 38.7 Å². The molecular formula is C22H23N5O2. The van der Waals surface area contributed by atoms with Gasteiger partial charge < -0.3 is 14.2 Å². The molecule has 1 saturated heterocycles. The number of nitrogens with zero attached hydrogens (tertiary/aromatic N) is 4. The van der Waals surface area contributed by atoms with Gasteiger partial charge in [0.1, 0.15) is 0 Å². The lowest BCUT2D eigenvalue weighted by atomic mass is 10.1. The van der Waals surface area contributed by atoms with Crippen molar-refractivity contribution in [2.24, 2.45) is 5.10 Å². The van der Waals surface area contributed by atoms with Gasteiger partial charge in [0.05, 0.1) is 18.1 Å². The van der Waals surface area contributed by atoms with Gasteiger partial charge in [-0.2, -0.15) is 5.10 Å². The number of anilines is 1. The Bertz CT molecular complexity index is 957. The highest BCUT2D eigenvalue weighted by Gasteiger charge is 2.19. The van der Waals surface area contributed by atoms with Crippen molar-refractivity contribution in [3.8, 4) is 11.3 Å². The largest absolute Gasteiger partial charge is 0.444 e. The van der Waals surface area contributed by atoms with Crippen molar-refractivity contribution in [3.63, 3.8) is 0 Å². The fourth-order valence-electron chi connectivity index (χ4n) is 3.15. The first-order chi connectivity index (χ1) is 14.2. The quantitative estimate of drug-likeness (QED) is 0.536. The van der Waals surface area contributed by atoms with E-state index in [1.54, 1.807) is 12.4 Å². The van der Waals surface area contributed by atoms with Crippen LogP contribution in [0, 0.1) is 0 Å². The van der Waals surface area contributed by atoms with Gasteiger partial charge in [0.15, 0.2) is 12.2 Å². The van der Waals surface area contributed by atoms with Crippen LogP contribution >= 0.6 is 0 Å². The summed E-state index contributed by atoms with van der Waals surface area (Å²) in [5, 5.41) is 4.27. The molecule has 1 aliphatic rings. The standard InChI is InChI=1S/C22H23N5O2/c1-26-10-12-27(13-11-26)22(28)19-4-2-17(3-5-19)14-24-25-20-8-6-18(7-9-20)21-15-23-16-29-21/h2-9,14-16,25H,10-13H2,1H3. The average molecular weight is 389 g/mol. The van der Waals surface area contributed by atoms with Gasteiger partial charge in [-0.25, -0.2) is 4.98 Å². The maximum atomic E-state index is 12.6. The number of nitrogens with one attached hydrogen (secondary N) is 1. The number of amides is 1. The van der Waals surface area contributed by atoms with Crippen molar-refractivity contribution in [1.29, 1.82) is 0 Å². The summed E-state index contributed by atoms with van der Waals surface area (Å²) in [5.74, 6) is 0.817. The fourth-order valence-corrected chi connectivity index (χ4v) is 3.15. The minimum absolute atomic E-state index is 0.0894. The molecule has 1 N–H and O–H groups in total. The van der Waals surface area contributed by atoms with E-state index >= 15 is 0 Å². The predicted octanol–water partition coefficient (Wildman–Crippen LogP) is 3.18. The molecule has 7 heteroatoms. The Morgan fingerprint density at radius 2 is 1.79 bits per heavy atom. The molecule has 4 rings (SSSR count). The van der Waals surface area contributed by atoms with Crippen molar-refractivity contribution in [2.45, 2.75) is 0 Å². The van der Waals surface area contributed by atoms with Gasteiger partial charge in [0.25, 0.3) is 5.91 Å². The first-order valence-electron chi connectivity index (χ1n) is 9.55. The van der Waals surface area contributed by atoms with Crippen molar-refractivity contribution >= 4 is 17.8 Å². The van der Waals surface area contributed by atoms with Crippen LogP contribution in [0.3, 0.4) is 0 Å². The van der Waals surface area contributed by atoms with Gasteiger partial charge >= 0.3 is 0 Å². The van der Waals surface area contributed by atoms with Crippen LogP contribution in [0.2, 0.25) is 0 Å². The smallest absolute Gasteiger partial charge is 0.253 e. The summed E-state index contributed by atoms with van der Waals surface area (Å²) in [6.07, 6.45) is 4.82. The Hall–Kier alpha value is -3.45. The number of hydrogen-bond donors (Lipinski definition) is 1. The van der Waals surface area contributed by atoms with Crippen LogP contribution in [-0.2, 0) is 0 Å². The lowest BCUT2D eigenvalue weighted by Gasteiger charge is -2.32. The number of hydrazone groups is 1. The molecule has 0 radical (unpaired) electrons. The first kappa shape index (κ1) is 18.9. The minimum atomic E-state index is 0.0894. The maximum absolute atomic E-state index is 12.6. The van der Waals surface area contributed by atoms with E-state index in [-0.39, 0.29) is 5.91 Å². The fraction of sp³-hybridized carbons (Fsp3) is 0.227. The zero-order valence-electron chi connectivity index (χ0n) is 16.3. The van der Waals surface area contributed by atoms with Crippen LogP contribution in [0.1, 0.15) is 15.9 Å². The van der Waals surface area contributed by atoms with Crippen LogP contribution in [-0.4, -0.2) is 60.1 Å². The predicted molar refractivity (Wildman–Crippen MR) is 113 cm³/mol. The van der Waals surface area contributed by atoms with Gasteiger partial charge in [-0.15, -0.1) is 0 Å². The third kappa shape index (κ3) is 4.70. The van der Waals surface area contributed by atoms with Gasteiger partial charge in [0, 0.05) is 37.3 Å². The second kappa shape index (κ2) is 8.70. The Labute approximate surface area is 169 Å². The third-order valence-corrected chi connectivity index (χ3v) is 4.96. The Morgan fingerprint density at radius 1 is 1.07 bits per heavy atom. The Kier molecular flexibility index (Phi) is 5.67. The number of carbonyl (C=O) groups excluding carboxylic acids is 1. The van der Waals surface area contributed by atoms with Crippen molar-refractivity contribution in [3.05, 3.63) is 72.2 Å². The van der Waals surface area contributed by atoms with Crippen LogP contribution in [0.25, 0.3) is 11.3 Å². The summed E-state index contributed by atoms with van der Waals surface area (Å²) in [7, 11) is 2.08. The Morgan fingerprint density at radius 3 is 2.45 bits per heavy atom. The van der Waals surface area contributed by atoms with E-state index in [1.165, 1.54) is 6.39 Å². The van der Waals surface area contributed by atoms with E-state index in [2.05, 4.69) is 27.5 Å². The number of benzene rings is 2. The zero-order chi connectivity index (χ0) is 20.1. The average Bonchev–Trinajstić information content (AvgIpc) is 3.30. The van der Waals surface area contributed by atoms with E-state index < -0.39 is 0 Å². The summed E-state index contributed by atoms with van der Waals surface area (Å²) >= 11 is 0. The van der Waals surface area contributed by atoms with Crippen LogP contribution in [0.5, 0.6) is 0 Å². The molecule has 148 valence electrons. The second-order valence-electron chi connectivity index (χ2n) is 7.03. The highest BCUT2D eigenvalue weighted by atomic mass is 16.3. The lowest BCUT2D eigenvalue weighted by Crippen LogP contribution is -2.47. The van der Waals surface area contributed by atoms with Gasteiger partial charge in [0.2, 0.25) is 0 Å². The third-order valence-electron chi connectivity index (χ3n) is 4.96. The molecule has 1 fully saturated rings. The highest BCUT2D eigenvalue weighted by Crippen LogP contribution is 2.20. The molecule has 0 bridgehead atoms. The number of aromatic nitrogens is 1. The molecule has 2 aromatic carbocycles. The number of likely N-dealkylation sites (N-methyl/N-ethyl adjacent to an activating group) is 1.